The van der Waals surface area contributed by atoms with E-state index in [9.17, 15) is 4.79 Å². The summed E-state index contributed by atoms with van der Waals surface area (Å²) in [6.07, 6.45) is 0. The molecule has 1 amide bonds. The van der Waals surface area contributed by atoms with Crippen molar-refractivity contribution in [2.45, 2.75) is 18.2 Å². The van der Waals surface area contributed by atoms with Crippen molar-refractivity contribution in [1.29, 1.82) is 0 Å². The highest BCUT2D eigenvalue weighted by Crippen LogP contribution is 2.10. The molecule has 0 saturated heterocycles. The number of carbonyl (C=O) groups excluding carboxylic acids is 1. The van der Waals surface area contributed by atoms with Crippen molar-refractivity contribution in [3.8, 4) is 0 Å². The van der Waals surface area contributed by atoms with E-state index < -0.39 is 0 Å². The van der Waals surface area contributed by atoms with Gasteiger partial charge in [0.2, 0.25) is 5.91 Å². The van der Waals surface area contributed by atoms with Gasteiger partial charge in [0.15, 0.2) is 0 Å². The molecule has 0 rings (SSSR count). The van der Waals surface area contributed by atoms with Crippen LogP contribution in [0.15, 0.2) is 0 Å². The van der Waals surface area contributed by atoms with E-state index in [1.165, 1.54) is 11.8 Å². The van der Waals surface area contributed by atoms with Gasteiger partial charge in [0.05, 0.1) is 12.6 Å². The van der Waals surface area contributed by atoms with Crippen LogP contribution < -0.4 is 11.1 Å². The maximum atomic E-state index is 10.7. The van der Waals surface area contributed by atoms with Crippen LogP contribution in [0.5, 0.6) is 0 Å². The van der Waals surface area contributed by atoms with Gasteiger partial charge in [-0.05, 0) is 7.05 Å². The van der Waals surface area contributed by atoms with Crippen LogP contribution in [-0.4, -0.2) is 41.7 Å². The second-order valence-corrected chi connectivity index (χ2v) is 4.04. The minimum absolute atomic E-state index is 0.125. The van der Waals surface area contributed by atoms with E-state index in [1.54, 1.807) is 7.05 Å². The molecule has 0 aliphatic carbocycles. The minimum atomic E-state index is -0.352. The summed E-state index contributed by atoms with van der Waals surface area (Å²) in [5.41, 5.74) is 5.10. The molecule has 4 N–H and O–H groups in total. The molecule has 0 bridgehead atoms. The molecule has 4 nitrogen and oxygen atoms in total. The molecule has 0 saturated carbocycles. The quantitative estimate of drug-likeness (QED) is 0.513. The number of rotatable bonds is 6. The minimum Gasteiger partial charge on any atom is -0.395 e. The molecule has 0 spiro atoms. The third-order valence-electron chi connectivity index (χ3n) is 1.50. The molecule has 2 atom stereocenters. The molecule has 0 aliphatic heterocycles. The van der Waals surface area contributed by atoms with E-state index in [4.69, 9.17) is 10.8 Å². The molecule has 0 aromatic rings. The van der Waals surface area contributed by atoms with Gasteiger partial charge < -0.3 is 16.2 Å². The van der Waals surface area contributed by atoms with Crippen molar-refractivity contribution < 1.29 is 9.90 Å². The molecule has 0 radical (unpaired) electrons. The highest BCUT2D eigenvalue weighted by atomic mass is 32.2. The van der Waals surface area contributed by atoms with E-state index in [1.807, 2.05) is 6.92 Å². The molecule has 2 unspecified atom stereocenters. The van der Waals surface area contributed by atoms with Crippen LogP contribution in [0.25, 0.3) is 0 Å². The number of thioether (sulfide) groups is 1. The number of aliphatic hydroxyl groups is 1. The van der Waals surface area contributed by atoms with Crippen molar-refractivity contribution in [1.82, 2.24) is 5.32 Å². The van der Waals surface area contributed by atoms with Gasteiger partial charge in [-0.15, -0.1) is 0 Å². The van der Waals surface area contributed by atoms with Gasteiger partial charge in [-0.2, -0.15) is 11.8 Å². The van der Waals surface area contributed by atoms with Crippen LogP contribution >= 0.6 is 11.8 Å². The van der Waals surface area contributed by atoms with E-state index in [2.05, 4.69) is 5.32 Å². The zero-order valence-electron chi connectivity index (χ0n) is 7.41. The van der Waals surface area contributed by atoms with Crippen LogP contribution in [0.4, 0.5) is 0 Å². The molecular weight excluding hydrogens is 176 g/mol. The number of nitrogens with two attached hydrogens (primary N) is 1. The summed E-state index contributed by atoms with van der Waals surface area (Å²) in [5, 5.41) is 11.7. The zero-order chi connectivity index (χ0) is 9.56. The standard InChI is InChI=1S/C7H16N2O2S/c1-5(3-10)12-4-6(9-2)7(8)11/h5-6,9-10H,3-4H2,1-2H3,(H2,8,11). The summed E-state index contributed by atoms with van der Waals surface area (Å²) in [4.78, 5) is 10.7. The van der Waals surface area contributed by atoms with Crippen LogP contribution in [0, 0.1) is 0 Å². The first kappa shape index (κ1) is 11.7. The summed E-state index contributed by atoms with van der Waals surface area (Å²) < 4.78 is 0. The Bertz CT molecular complexity index is 143. The van der Waals surface area contributed by atoms with Gasteiger partial charge in [0.1, 0.15) is 0 Å². The lowest BCUT2D eigenvalue weighted by atomic mass is 10.3. The van der Waals surface area contributed by atoms with Gasteiger partial charge in [-0.25, -0.2) is 0 Å². The molecule has 12 heavy (non-hydrogen) atoms. The van der Waals surface area contributed by atoms with E-state index in [-0.39, 0.29) is 23.8 Å². The van der Waals surface area contributed by atoms with Crippen molar-refractivity contribution in [3.05, 3.63) is 0 Å². The second kappa shape index (κ2) is 6.28. The molecular formula is C7H16N2O2S. The fraction of sp³-hybridized carbons (Fsp3) is 0.857. The number of primary amides is 1. The Kier molecular flexibility index (Phi) is 6.14. The number of hydrogen-bond donors (Lipinski definition) is 3. The van der Waals surface area contributed by atoms with Gasteiger partial charge in [-0.1, -0.05) is 6.92 Å². The van der Waals surface area contributed by atoms with Crippen LogP contribution in [0.1, 0.15) is 6.92 Å². The third kappa shape index (κ3) is 4.58. The van der Waals surface area contributed by atoms with E-state index in [0.717, 1.165) is 0 Å². The van der Waals surface area contributed by atoms with Crippen LogP contribution in [0.3, 0.4) is 0 Å². The molecule has 0 aliphatic rings. The Morgan fingerprint density at radius 3 is 2.67 bits per heavy atom. The highest BCUT2D eigenvalue weighted by molar-refractivity contribution is 7.99. The van der Waals surface area contributed by atoms with Crippen LogP contribution in [0.2, 0.25) is 0 Å². The molecule has 0 aromatic carbocycles. The number of carbonyl (C=O) groups is 1. The Hall–Kier alpha value is -0.260. The lowest BCUT2D eigenvalue weighted by Gasteiger charge is -2.13. The highest BCUT2D eigenvalue weighted by Gasteiger charge is 2.13. The average Bonchev–Trinajstić information content (AvgIpc) is 2.04. The molecule has 0 aromatic heterocycles. The van der Waals surface area contributed by atoms with Gasteiger partial charge in [0.25, 0.3) is 0 Å². The molecule has 0 heterocycles. The maximum absolute atomic E-state index is 10.7. The Balaban J connectivity index is 3.65. The SMILES string of the molecule is CNC(CSC(C)CO)C(N)=O. The van der Waals surface area contributed by atoms with E-state index >= 15 is 0 Å². The first-order valence-electron chi connectivity index (χ1n) is 3.80. The van der Waals surface area contributed by atoms with Gasteiger partial charge >= 0.3 is 0 Å². The predicted molar refractivity (Wildman–Crippen MR) is 51.0 cm³/mol. The van der Waals surface area contributed by atoms with Crippen molar-refractivity contribution in [3.63, 3.8) is 0 Å². The molecule has 5 heteroatoms. The number of hydrogen-bond acceptors (Lipinski definition) is 4. The molecule has 0 fully saturated rings. The smallest absolute Gasteiger partial charge is 0.235 e. The fourth-order valence-corrected chi connectivity index (χ4v) is 1.58. The van der Waals surface area contributed by atoms with Crippen molar-refractivity contribution in [2.75, 3.05) is 19.4 Å². The van der Waals surface area contributed by atoms with Gasteiger partial charge in [-0.3, -0.25) is 4.79 Å². The Morgan fingerprint density at radius 1 is 1.75 bits per heavy atom. The zero-order valence-corrected chi connectivity index (χ0v) is 8.23. The number of amides is 1. The first-order chi connectivity index (χ1) is 5.61. The summed E-state index contributed by atoms with van der Waals surface area (Å²) in [6.45, 7) is 2.03. The summed E-state index contributed by atoms with van der Waals surface area (Å²) >= 11 is 1.52. The lowest BCUT2D eigenvalue weighted by Crippen LogP contribution is -2.41. The third-order valence-corrected chi connectivity index (χ3v) is 2.74. The molecule has 72 valence electrons. The van der Waals surface area contributed by atoms with Gasteiger partial charge in [0, 0.05) is 11.0 Å². The summed E-state index contributed by atoms with van der Waals surface area (Å²) in [7, 11) is 1.69. The first-order valence-corrected chi connectivity index (χ1v) is 4.85. The number of nitrogens with one attached hydrogen (secondary N) is 1. The number of aliphatic hydroxyl groups excluding tert-OH is 1. The lowest BCUT2D eigenvalue weighted by molar-refractivity contribution is -0.119. The van der Waals surface area contributed by atoms with Crippen molar-refractivity contribution >= 4 is 17.7 Å². The average molecular weight is 192 g/mol. The summed E-state index contributed by atoms with van der Waals surface area (Å²) in [5.74, 6) is 0.253. The summed E-state index contributed by atoms with van der Waals surface area (Å²) in [6, 6.07) is -0.302. The Morgan fingerprint density at radius 2 is 2.33 bits per heavy atom. The van der Waals surface area contributed by atoms with Crippen molar-refractivity contribution in [2.24, 2.45) is 5.73 Å². The number of likely N-dealkylation sites (N-methyl/N-ethyl adjacent to an activating group) is 1. The Labute approximate surface area is 76.9 Å². The normalized spacial score (nSPS) is 15.6. The van der Waals surface area contributed by atoms with E-state index in [0.29, 0.717) is 5.75 Å². The fourth-order valence-electron chi connectivity index (χ4n) is 0.621. The largest absolute Gasteiger partial charge is 0.395 e. The topological polar surface area (TPSA) is 75.3 Å². The second-order valence-electron chi connectivity index (χ2n) is 2.57. The maximum Gasteiger partial charge on any atom is 0.235 e. The predicted octanol–water partition coefficient (Wildman–Crippen LogP) is -0.826. The monoisotopic (exact) mass is 192 g/mol. The van der Waals surface area contributed by atoms with Crippen LogP contribution in [-0.2, 0) is 4.79 Å².